The minimum atomic E-state index is -0.411. The Morgan fingerprint density at radius 3 is 2.29 bits per heavy atom. The van der Waals surface area contributed by atoms with E-state index in [-0.39, 0.29) is 12.2 Å². The summed E-state index contributed by atoms with van der Waals surface area (Å²) in [5.41, 5.74) is 1.28. The van der Waals surface area contributed by atoms with Crippen molar-refractivity contribution in [2.24, 2.45) is 0 Å². The van der Waals surface area contributed by atoms with Crippen molar-refractivity contribution in [2.75, 3.05) is 0 Å². The van der Waals surface area contributed by atoms with Crippen molar-refractivity contribution < 1.29 is 9.47 Å². The maximum absolute atomic E-state index is 6.08. The Kier molecular flexibility index (Phi) is 3.85. The van der Waals surface area contributed by atoms with Gasteiger partial charge in [-0.2, -0.15) is 0 Å². The summed E-state index contributed by atoms with van der Waals surface area (Å²) in [6.07, 6.45) is 2.62. The molecule has 2 nitrogen and oxygen atoms in total. The normalized spacial score (nSPS) is 27.2. The van der Waals surface area contributed by atoms with Crippen molar-refractivity contribution in [1.82, 2.24) is 0 Å². The van der Waals surface area contributed by atoms with Crippen LogP contribution in [0.2, 0.25) is 0 Å². The van der Waals surface area contributed by atoms with Crippen LogP contribution in [0.15, 0.2) is 30.3 Å². The first-order valence-electron chi connectivity index (χ1n) is 6.42. The summed E-state index contributed by atoms with van der Waals surface area (Å²) >= 11 is 0. The van der Waals surface area contributed by atoms with Crippen LogP contribution in [0.5, 0.6) is 0 Å². The van der Waals surface area contributed by atoms with Crippen molar-refractivity contribution >= 4 is 0 Å². The summed E-state index contributed by atoms with van der Waals surface area (Å²) in [7, 11) is 0. The topological polar surface area (TPSA) is 18.5 Å². The molecule has 2 atom stereocenters. The van der Waals surface area contributed by atoms with Gasteiger partial charge in [0.05, 0.1) is 12.2 Å². The summed E-state index contributed by atoms with van der Waals surface area (Å²) in [6.45, 7) is 8.26. The van der Waals surface area contributed by atoms with Crippen molar-refractivity contribution in [3.63, 3.8) is 0 Å². The standard InChI is InChI=1S/C15H21O2/c1-4-15(5-2)16-12(3)14(17-15)11-13-9-7-6-8-10-13/h6-10,12,14H,3-5,11H2,1-2H3. The van der Waals surface area contributed by atoms with Crippen LogP contribution in [0.4, 0.5) is 0 Å². The number of ether oxygens (including phenoxy) is 2. The van der Waals surface area contributed by atoms with Crippen LogP contribution in [0.3, 0.4) is 0 Å². The summed E-state index contributed by atoms with van der Waals surface area (Å²) in [5.74, 6) is -0.411. The third-order valence-electron chi connectivity index (χ3n) is 3.50. The zero-order chi connectivity index (χ0) is 12.3. The molecule has 1 aromatic rings. The van der Waals surface area contributed by atoms with Gasteiger partial charge in [0.15, 0.2) is 5.79 Å². The molecule has 0 aliphatic carbocycles. The molecule has 2 rings (SSSR count). The number of hydrogen-bond donors (Lipinski definition) is 0. The highest BCUT2D eigenvalue weighted by Gasteiger charge is 2.42. The van der Waals surface area contributed by atoms with Gasteiger partial charge < -0.3 is 9.47 Å². The highest BCUT2D eigenvalue weighted by Crippen LogP contribution is 2.35. The molecule has 0 bridgehead atoms. The van der Waals surface area contributed by atoms with E-state index in [4.69, 9.17) is 9.47 Å². The van der Waals surface area contributed by atoms with Crippen molar-refractivity contribution in [2.45, 2.75) is 51.1 Å². The molecule has 1 fully saturated rings. The lowest BCUT2D eigenvalue weighted by Gasteiger charge is -2.25. The first kappa shape index (κ1) is 12.6. The molecule has 2 heteroatoms. The van der Waals surface area contributed by atoms with E-state index in [1.54, 1.807) is 0 Å². The summed E-state index contributed by atoms with van der Waals surface area (Å²) in [5, 5.41) is 0. The first-order chi connectivity index (χ1) is 8.19. The van der Waals surface area contributed by atoms with Gasteiger partial charge in [-0.3, -0.25) is 0 Å². The smallest absolute Gasteiger partial charge is 0.168 e. The van der Waals surface area contributed by atoms with Gasteiger partial charge in [-0.15, -0.1) is 0 Å². The van der Waals surface area contributed by atoms with Crippen LogP contribution in [-0.4, -0.2) is 18.0 Å². The Hall–Kier alpha value is -0.860. The summed E-state index contributed by atoms with van der Waals surface area (Å²) in [6, 6.07) is 10.4. The van der Waals surface area contributed by atoms with E-state index >= 15 is 0 Å². The Bertz CT molecular complexity index is 343. The second-order valence-electron chi connectivity index (χ2n) is 4.62. The molecular weight excluding hydrogens is 212 g/mol. The molecule has 0 spiro atoms. The van der Waals surface area contributed by atoms with Crippen molar-refractivity contribution in [3.05, 3.63) is 42.8 Å². The first-order valence-corrected chi connectivity index (χ1v) is 6.42. The average molecular weight is 233 g/mol. The lowest BCUT2D eigenvalue weighted by Crippen LogP contribution is -2.29. The van der Waals surface area contributed by atoms with Crippen LogP contribution < -0.4 is 0 Å². The van der Waals surface area contributed by atoms with Gasteiger partial charge in [-0.1, -0.05) is 44.2 Å². The molecule has 0 amide bonds. The Labute approximate surface area is 104 Å². The second kappa shape index (κ2) is 5.19. The predicted octanol–water partition coefficient (Wildman–Crippen LogP) is 3.36. The van der Waals surface area contributed by atoms with Gasteiger partial charge in [-0.25, -0.2) is 0 Å². The highest BCUT2D eigenvalue weighted by molar-refractivity contribution is 5.16. The molecule has 1 aromatic carbocycles. The van der Waals surface area contributed by atoms with Gasteiger partial charge >= 0.3 is 0 Å². The highest BCUT2D eigenvalue weighted by atomic mass is 16.8. The molecule has 0 N–H and O–H groups in total. The van der Waals surface area contributed by atoms with E-state index in [0.29, 0.717) is 0 Å². The van der Waals surface area contributed by atoms with E-state index < -0.39 is 5.79 Å². The van der Waals surface area contributed by atoms with E-state index in [1.807, 2.05) is 6.07 Å². The van der Waals surface area contributed by atoms with Gasteiger partial charge in [-0.05, 0) is 25.3 Å². The van der Waals surface area contributed by atoms with Crippen LogP contribution in [0.1, 0.15) is 32.3 Å². The zero-order valence-electron chi connectivity index (χ0n) is 10.7. The van der Waals surface area contributed by atoms with E-state index in [2.05, 4.69) is 45.0 Å². The molecule has 1 radical (unpaired) electrons. The minimum absolute atomic E-state index is 0.0669. The fraction of sp³-hybridized carbons (Fsp3) is 0.533. The van der Waals surface area contributed by atoms with Crippen molar-refractivity contribution in [3.8, 4) is 0 Å². The average Bonchev–Trinajstić information content (AvgIpc) is 2.68. The molecule has 2 unspecified atom stereocenters. The summed E-state index contributed by atoms with van der Waals surface area (Å²) < 4.78 is 12.0. The number of hydrogen-bond acceptors (Lipinski definition) is 2. The summed E-state index contributed by atoms with van der Waals surface area (Å²) in [4.78, 5) is 0. The molecule has 1 aliphatic heterocycles. The van der Waals surface area contributed by atoms with Crippen molar-refractivity contribution in [1.29, 1.82) is 0 Å². The second-order valence-corrected chi connectivity index (χ2v) is 4.62. The third kappa shape index (κ3) is 2.70. The lowest BCUT2D eigenvalue weighted by atomic mass is 10.1. The third-order valence-corrected chi connectivity index (χ3v) is 3.50. The molecule has 1 saturated heterocycles. The Morgan fingerprint density at radius 2 is 1.76 bits per heavy atom. The number of benzene rings is 1. The molecule has 17 heavy (non-hydrogen) atoms. The van der Waals surface area contributed by atoms with Gasteiger partial charge in [0.1, 0.15) is 0 Å². The molecule has 0 aromatic heterocycles. The van der Waals surface area contributed by atoms with Crippen LogP contribution in [0, 0.1) is 6.92 Å². The minimum Gasteiger partial charge on any atom is -0.344 e. The van der Waals surface area contributed by atoms with Gasteiger partial charge in [0.2, 0.25) is 0 Å². The monoisotopic (exact) mass is 233 g/mol. The fourth-order valence-corrected chi connectivity index (χ4v) is 2.33. The molecule has 1 aliphatic rings. The SMILES string of the molecule is [CH2]C1OC(CC)(CC)OC1Cc1ccccc1. The van der Waals surface area contributed by atoms with Crippen LogP contribution in [-0.2, 0) is 15.9 Å². The predicted molar refractivity (Wildman–Crippen MR) is 68.6 cm³/mol. The fourth-order valence-electron chi connectivity index (χ4n) is 2.33. The maximum Gasteiger partial charge on any atom is 0.168 e. The van der Waals surface area contributed by atoms with Crippen LogP contribution in [0.25, 0.3) is 0 Å². The molecule has 93 valence electrons. The number of rotatable bonds is 4. The van der Waals surface area contributed by atoms with Gasteiger partial charge in [0.25, 0.3) is 0 Å². The van der Waals surface area contributed by atoms with Gasteiger partial charge in [0, 0.05) is 6.42 Å². The molecule has 1 heterocycles. The van der Waals surface area contributed by atoms with E-state index in [0.717, 1.165) is 19.3 Å². The maximum atomic E-state index is 6.08. The zero-order valence-corrected chi connectivity index (χ0v) is 10.7. The Morgan fingerprint density at radius 1 is 1.12 bits per heavy atom. The largest absolute Gasteiger partial charge is 0.344 e. The molecule has 0 saturated carbocycles. The Balaban J connectivity index is 2.04. The van der Waals surface area contributed by atoms with E-state index in [9.17, 15) is 0 Å². The van der Waals surface area contributed by atoms with E-state index in [1.165, 1.54) is 5.56 Å². The lowest BCUT2D eigenvalue weighted by molar-refractivity contribution is -0.176. The molecular formula is C15H21O2. The quantitative estimate of drug-likeness (QED) is 0.794. The van der Waals surface area contributed by atoms with Crippen LogP contribution >= 0.6 is 0 Å².